The number of thioether (sulfide) groups is 1. The molecule has 0 heterocycles. The first-order chi connectivity index (χ1) is 8.00. The van der Waals surface area contributed by atoms with Crippen molar-refractivity contribution in [3.05, 3.63) is 35.9 Å². The number of hydrogen-bond donors (Lipinski definition) is 1. The zero-order valence-electron chi connectivity index (χ0n) is 10.3. The molecule has 0 bridgehead atoms. The third kappa shape index (κ3) is 3.48. The lowest BCUT2D eigenvalue weighted by atomic mass is 9.91. The Morgan fingerprint density at radius 3 is 2.53 bits per heavy atom. The summed E-state index contributed by atoms with van der Waals surface area (Å²) in [4.78, 5) is 10.9. The molecule has 0 aromatic heterocycles. The maximum atomic E-state index is 10.9. The number of benzene rings is 1. The van der Waals surface area contributed by atoms with Crippen molar-refractivity contribution < 1.29 is 14.6 Å². The first-order valence-corrected chi connectivity index (χ1v) is 6.73. The summed E-state index contributed by atoms with van der Waals surface area (Å²) in [6, 6.07) is 9.30. The molecule has 1 N–H and O–H groups in total. The van der Waals surface area contributed by atoms with E-state index in [1.54, 1.807) is 0 Å². The van der Waals surface area contributed by atoms with E-state index in [9.17, 15) is 9.90 Å². The summed E-state index contributed by atoms with van der Waals surface area (Å²) in [5.74, 6) is -0.382. The van der Waals surface area contributed by atoms with Gasteiger partial charge in [-0.15, -0.1) is 0 Å². The van der Waals surface area contributed by atoms with Gasteiger partial charge < -0.3 is 9.84 Å². The zero-order valence-corrected chi connectivity index (χ0v) is 11.2. The van der Waals surface area contributed by atoms with Crippen LogP contribution in [0.3, 0.4) is 0 Å². The van der Waals surface area contributed by atoms with Gasteiger partial charge in [-0.1, -0.05) is 37.3 Å². The van der Waals surface area contributed by atoms with Crippen molar-refractivity contribution >= 4 is 17.7 Å². The standard InChI is InChI=1S/C13H18O3S/c1-10(17-3)13(15,9-16-11(2)14)12-7-5-4-6-8-12/h4-8,10,15H,9H2,1-3H3/t10-,13+/m1/s1. The smallest absolute Gasteiger partial charge is 0.302 e. The van der Waals surface area contributed by atoms with E-state index in [4.69, 9.17) is 4.74 Å². The van der Waals surface area contributed by atoms with E-state index in [2.05, 4.69) is 0 Å². The molecule has 0 saturated heterocycles. The Balaban J connectivity index is 2.97. The molecule has 4 heteroatoms. The Hall–Kier alpha value is -1.00. The number of esters is 1. The van der Waals surface area contributed by atoms with Gasteiger partial charge in [-0.05, 0) is 11.8 Å². The second-order valence-electron chi connectivity index (χ2n) is 3.95. The Morgan fingerprint density at radius 1 is 1.47 bits per heavy atom. The largest absolute Gasteiger partial charge is 0.462 e. The van der Waals surface area contributed by atoms with Crippen molar-refractivity contribution in [3.63, 3.8) is 0 Å². The van der Waals surface area contributed by atoms with E-state index < -0.39 is 5.60 Å². The predicted octanol–water partition coefficient (Wildman–Crippen LogP) is 2.19. The van der Waals surface area contributed by atoms with Gasteiger partial charge in [-0.2, -0.15) is 11.8 Å². The van der Waals surface area contributed by atoms with Crippen molar-refractivity contribution in [2.24, 2.45) is 0 Å². The van der Waals surface area contributed by atoms with Crippen LogP contribution in [-0.4, -0.2) is 29.2 Å². The average Bonchev–Trinajstić information content (AvgIpc) is 2.36. The molecule has 1 aromatic rings. The summed E-state index contributed by atoms with van der Waals surface area (Å²) >= 11 is 1.54. The molecule has 0 spiro atoms. The van der Waals surface area contributed by atoms with E-state index in [1.165, 1.54) is 18.7 Å². The predicted molar refractivity (Wildman–Crippen MR) is 69.9 cm³/mol. The molecule has 0 aliphatic heterocycles. The highest BCUT2D eigenvalue weighted by Crippen LogP contribution is 2.32. The van der Waals surface area contributed by atoms with Gasteiger partial charge in [-0.3, -0.25) is 4.79 Å². The maximum Gasteiger partial charge on any atom is 0.302 e. The van der Waals surface area contributed by atoms with Crippen LogP contribution in [0.25, 0.3) is 0 Å². The first-order valence-electron chi connectivity index (χ1n) is 5.44. The fourth-order valence-corrected chi connectivity index (χ4v) is 2.16. The number of carbonyl (C=O) groups excluding carboxylic acids is 1. The van der Waals surface area contributed by atoms with Crippen molar-refractivity contribution in [1.29, 1.82) is 0 Å². The van der Waals surface area contributed by atoms with Gasteiger partial charge >= 0.3 is 5.97 Å². The second-order valence-corrected chi connectivity index (χ2v) is 5.13. The molecule has 0 unspecified atom stereocenters. The third-order valence-corrected chi connectivity index (χ3v) is 3.89. The highest BCUT2D eigenvalue weighted by atomic mass is 32.2. The lowest BCUT2D eigenvalue weighted by Crippen LogP contribution is -2.41. The van der Waals surface area contributed by atoms with Gasteiger partial charge in [0.2, 0.25) is 0 Å². The van der Waals surface area contributed by atoms with Gasteiger partial charge in [0.25, 0.3) is 0 Å². The Labute approximate surface area is 106 Å². The number of rotatable bonds is 5. The van der Waals surface area contributed by atoms with E-state index in [0.717, 1.165) is 5.56 Å². The van der Waals surface area contributed by atoms with Crippen molar-refractivity contribution in [2.75, 3.05) is 12.9 Å². The SMILES string of the molecule is CS[C@H](C)[C@@](O)(COC(C)=O)c1ccccc1. The zero-order chi connectivity index (χ0) is 12.9. The molecule has 0 radical (unpaired) electrons. The van der Waals surface area contributed by atoms with Gasteiger partial charge in [0, 0.05) is 12.2 Å². The van der Waals surface area contributed by atoms with Gasteiger partial charge in [0.1, 0.15) is 12.2 Å². The van der Waals surface area contributed by atoms with Crippen LogP contribution in [0.15, 0.2) is 30.3 Å². The number of carbonyl (C=O) groups is 1. The van der Waals surface area contributed by atoms with Crippen LogP contribution < -0.4 is 0 Å². The molecule has 94 valence electrons. The maximum absolute atomic E-state index is 10.9. The summed E-state index contributed by atoms with van der Waals surface area (Å²) in [6.07, 6.45) is 1.92. The molecule has 1 aromatic carbocycles. The molecule has 3 nitrogen and oxygen atoms in total. The summed E-state index contributed by atoms with van der Waals surface area (Å²) in [5, 5.41) is 10.6. The average molecular weight is 254 g/mol. The van der Waals surface area contributed by atoms with Gasteiger partial charge in [0.15, 0.2) is 0 Å². The van der Waals surface area contributed by atoms with Crippen LogP contribution in [0.4, 0.5) is 0 Å². The Morgan fingerprint density at radius 2 is 2.06 bits per heavy atom. The monoisotopic (exact) mass is 254 g/mol. The summed E-state index contributed by atoms with van der Waals surface area (Å²) in [7, 11) is 0. The minimum atomic E-state index is -1.15. The highest BCUT2D eigenvalue weighted by molar-refractivity contribution is 7.99. The van der Waals surface area contributed by atoms with Crippen LogP contribution in [-0.2, 0) is 15.1 Å². The van der Waals surface area contributed by atoms with Gasteiger partial charge in [-0.25, -0.2) is 0 Å². The van der Waals surface area contributed by atoms with Crippen LogP contribution in [0, 0.1) is 0 Å². The van der Waals surface area contributed by atoms with Crippen LogP contribution in [0.2, 0.25) is 0 Å². The molecule has 0 amide bonds. The molecule has 0 fully saturated rings. The first kappa shape index (κ1) is 14.1. The van der Waals surface area contributed by atoms with E-state index >= 15 is 0 Å². The summed E-state index contributed by atoms with van der Waals surface area (Å²) in [5.41, 5.74) is -0.380. The summed E-state index contributed by atoms with van der Waals surface area (Å²) in [6.45, 7) is 3.24. The Bertz CT molecular complexity index is 366. The lowest BCUT2D eigenvalue weighted by molar-refractivity contribution is -0.149. The molecular formula is C13H18O3S. The molecule has 0 aliphatic rings. The molecule has 2 atom stereocenters. The minimum absolute atomic E-state index is 0.0195. The van der Waals surface area contributed by atoms with E-state index in [-0.39, 0.29) is 17.8 Å². The van der Waals surface area contributed by atoms with Crippen LogP contribution in [0.1, 0.15) is 19.4 Å². The molecule has 0 aliphatic carbocycles. The molecule has 1 rings (SSSR count). The van der Waals surface area contributed by atoms with Crippen molar-refractivity contribution in [3.8, 4) is 0 Å². The molecule has 0 saturated carbocycles. The van der Waals surface area contributed by atoms with E-state index in [1.807, 2.05) is 43.5 Å². The van der Waals surface area contributed by atoms with Crippen LogP contribution in [0.5, 0.6) is 0 Å². The Kier molecular flexibility index (Phi) is 5.02. The minimum Gasteiger partial charge on any atom is -0.462 e. The van der Waals surface area contributed by atoms with Gasteiger partial charge in [0.05, 0.1) is 0 Å². The summed E-state index contributed by atoms with van der Waals surface area (Å²) < 4.78 is 4.98. The normalized spacial score (nSPS) is 16.0. The number of ether oxygens (including phenoxy) is 1. The second kappa shape index (κ2) is 6.07. The highest BCUT2D eigenvalue weighted by Gasteiger charge is 2.36. The topological polar surface area (TPSA) is 46.5 Å². The third-order valence-electron chi connectivity index (χ3n) is 2.80. The molecule has 17 heavy (non-hydrogen) atoms. The number of aliphatic hydroxyl groups is 1. The van der Waals surface area contributed by atoms with Crippen molar-refractivity contribution in [2.45, 2.75) is 24.7 Å². The number of hydrogen-bond acceptors (Lipinski definition) is 4. The fourth-order valence-electron chi connectivity index (χ4n) is 1.57. The van der Waals surface area contributed by atoms with E-state index in [0.29, 0.717) is 0 Å². The fraction of sp³-hybridized carbons (Fsp3) is 0.462. The van der Waals surface area contributed by atoms with Crippen LogP contribution >= 0.6 is 11.8 Å². The lowest BCUT2D eigenvalue weighted by Gasteiger charge is -2.33. The molecular weight excluding hydrogens is 236 g/mol. The quantitative estimate of drug-likeness (QED) is 0.818. The van der Waals surface area contributed by atoms with Crippen molar-refractivity contribution in [1.82, 2.24) is 0 Å².